The van der Waals surface area contributed by atoms with E-state index in [2.05, 4.69) is 42.0 Å². The molecule has 0 radical (unpaired) electrons. The van der Waals surface area contributed by atoms with Crippen LogP contribution < -0.4 is 5.32 Å². The molecular formula is C17H23BrClNO. The molecule has 1 aromatic carbocycles. The van der Waals surface area contributed by atoms with E-state index >= 15 is 0 Å². The molecule has 0 atom stereocenters. The first-order chi connectivity index (χ1) is 9.79. The topological polar surface area (TPSA) is 29.1 Å². The molecule has 0 aromatic heterocycles. The molecule has 116 valence electrons. The van der Waals surface area contributed by atoms with E-state index in [0.29, 0.717) is 10.4 Å². The average molecular weight is 373 g/mol. The Balaban J connectivity index is 1.95. The molecule has 1 saturated carbocycles. The van der Waals surface area contributed by atoms with Gasteiger partial charge in [-0.15, -0.1) is 0 Å². The summed E-state index contributed by atoms with van der Waals surface area (Å²) in [6, 6.07) is 5.52. The number of halogens is 2. The van der Waals surface area contributed by atoms with E-state index in [1.165, 1.54) is 0 Å². The highest BCUT2D eigenvalue weighted by Gasteiger charge is 2.32. The van der Waals surface area contributed by atoms with E-state index in [1.807, 2.05) is 12.1 Å². The van der Waals surface area contributed by atoms with Gasteiger partial charge in [-0.25, -0.2) is 0 Å². The number of rotatable bonds is 2. The molecule has 0 aliphatic heterocycles. The fourth-order valence-electron chi connectivity index (χ4n) is 3.06. The van der Waals surface area contributed by atoms with Crippen LogP contribution in [0.2, 0.25) is 5.02 Å². The van der Waals surface area contributed by atoms with Gasteiger partial charge in [0.15, 0.2) is 0 Å². The summed E-state index contributed by atoms with van der Waals surface area (Å²) >= 11 is 9.48. The zero-order valence-electron chi connectivity index (χ0n) is 12.9. The molecule has 21 heavy (non-hydrogen) atoms. The summed E-state index contributed by atoms with van der Waals surface area (Å²) in [7, 11) is 0. The Labute approximate surface area is 140 Å². The van der Waals surface area contributed by atoms with Crippen LogP contribution in [0, 0.1) is 17.3 Å². The molecule has 2 nitrogen and oxygen atoms in total. The lowest BCUT2D eigenvalue weighted by atomic mass is 9.69. The van der Waals surface area contributed by atoms with E-state index in [0.717, 1.165) is 41.8 Å². The zero-order chi connectivity index (χ0) is 15.6. The standard InChI is InChI=1S/C17H23BrClNO/c1-17(2,3)12-9-7-11(8-10-12)16(21)20-14-6-4-5-13(19)15(14)18/h4-6,11-12H,7-10H2,1-3H3,(H,20,21). The number of hydrogen-bond donors (Lipinski definition) is 1. The summed E-state index contributed by atoms with van der Waals surface area (Å²) in [5.74, 6) is 0.958. The highest BCUT2D eigenvalue weighted by atomic mass is 79.9. The van der Waals surface area contributed by atoms with Crippen LogP contribution in [0.3, 0.4) is 0 Å². The van der Waals surface area contributed by atoms with Gasteiger partial charge < -0.3 is 5.32 Å². The van der Waals surface area contributed by atoms with Crippen molar-refractivity contribution >= 4 is 39.1 Å². The second-order valence-electron chi connectivity index (χ2n) is 7.01. The number of anilines is 1. The van der Waals surface area contributed by atoms with E-state index < -0.39 is 0 Å². The fourth-order valence-corrected chi connectivity index (χ4v) is 3.59. The van der Waals surface area contributed by atoms with Gasteiger partial charge in [-0.1, -0.05) is 38.4 Å². The molecule has 1 N–H and O–H groups in total. The van der Waals surface area contributed by atoms with Crippen molar-refractivity contribution in [3.8, 4) is 0 Å². The fraction of sp³-hybridized carbons (Fsp3) is 0.588. The molecule has 1 aliphatic rings. The van der Waals surface area contributed by atoms with Crippen molar-refractivity contribution in [2.45, 2.75) is 46.5 Å². The molecule has 2 rings (SSSR count). The molecule has 0 spiro atoms. The zero-order valence-corrected chi connectivity index (χ0v) is 15.2. The summed E-state index contributed by atoms with van der Waals surface area (Å²) < 4.78 is 0.753. The number of amides is 1. The van der Waals surface area contributed by atoms with Crippen molar-refractivity contribution in [2.24, 2.45) is 17.3 Å². The summed E-state index contributed by atoms with van der Waals surface area (Å²) in [4.78, 5) is 12.4. The van der Waals surface area contributed by atoms with Gasteiger partial charge in [-0.3, -0.25) is 4.79 Å². The Hall–Kier alpha value is -0.540. The lowest BCUT2D eigenvalue weighted by Gasteiger charge is -2.36. The van der Waals surface area contributed by atoms with Gasteiger partial charge in [-0.2, -0.15) is 0 Å². The van der Waals surface area contributed by atoms with Gasteiger partial charge in [0, 0.05) is 5.92 Å². The van der Waals surface area contributed by atoms with Crippen molar-refractivity contribution in [1.29, 1.82) is 0 Å². The summed E-state index contributed by atoms with van der Waals surface area (Å²) in [5, 5.41) is 3.62. The first kappa shape index (κ1) is 16.8. The first-order valence-corrected chi connectivity index (χ1v) is 8.71. The van der Waals surface area contributed by atoms with Gasteiger partial charge in [0.1, 0.15) is 0 Å². The van der Waals surface area contributed by atoms with Crippen LogP contribution in [0.5, 0.6) is 0 Å². The lowest BCUT2D eigenvalue weighted by Crippen LogP contribution is -2.31. The predicted octanol–water partition coefficient (Wildman–Crippen LogP) is 5.89. The van der Waals surface area contributed by atoms with Crippen LogP contribution in [0.1, 0.15) is 46.5 Å². The van der Waals surface area contributed by atoms with E-state index in [-0.39, 0.29) is 11.8 Å². The Bertz CT molecular complexity index is 516. The van der Waals surface area contributed by atoms with Crippen LogP contribution in [-0.2, 0) is 4.79 Å². The maximum Gasteiger partial charge on any atom is 0.227 e. The van der Waals surface area contributed by atoms with Crippen LogP contribution in [0.15, 0.2) is 22.7 Å². The molecular weight excluding hydrogens is 350 g/mol. The van der Waals surface area contributed by atoms with Gasteiger partial charge in [0.25, 0.3) is 0 Å². The molecule has 4 heteroatoms. The van der Waals surface area contributed by atoms with E-state index in [1.54, 1.807) is 6.07 Å². The smallest absolute Gasteiger partial charge is 0.227 e. The number of carbonyl (C=O) groups excluding carboxylic acids is 1. The van der Waals surface area contributed by atoms with Gasteiger partial charge in [0.2, 0.25) is 5.91 Å². The third-order valence-electron chi connectivity index (χ3n) is 4.53. The molecule has 1 amide bonds. The first-order valence-electron chi connectivity index (χ1n) is 7.54. The van der Waals surface area contributed by atoms with E-state index in [4.69, 9.17) is 11.6 Å². The van der Waals surface area contributed by atoms with Crippen LogP contribution in [0.25, 0.3) is 0 Å². The minimum atomic E-state index is 0.116. The van der Waals surface area contributed by atoms with Gasteiger partial charge in [-0.05, 0) is 65.1 Å². The summed E-state index contributed by atoms with van der Waals surface area (Å²) in [5.41, 5.74) is 1.10. The number of benzene rings is 1. The minimum absolute atomic E-state index is 0.116. The molecule has 1 aliphatic carbocycles. The van der Waals surface area contributed by atoms with Crippen LogP contribution in [-0.4, -0.2) is 5.91 Å². The van der Waals surface area contributed by atoms with Crippen molar-refractivity contribution in [3.63, 3.8) is 0 Å². The van der Waals surface area contributed by atoms with Crippen LogP contribution >= 0.6 is 27.5 Å². The highest BCUT2D eigenvalue weighted by Crippen LogP contribution is 2.40. The molecule has 0 saturated heterocycles. The van der Waals surface area contributed by atoms with Gasteiger partial charge in [0.05, 0.1) is 15.2 Å². The SMILES string of the molecule is CC(C)(C)C1CCC(C(=O)Nc2cccc(Cl)c2Br)CC1. The van der Waals surface area contributed by atoms with Crippen molar-refractivity contribution in [1.82, 2.24) is 0 Å². The number of nitrogens with one attached hydrogen (secondary N) is 1. The molecule has 1 aromatic rings. The maximum atomic E-state index is 12.4. The Morgan fingerprint density at radius 2 is 1.86 bits per heavy atom. The quantitative estimate of drug-likeness (QED) is 0.688. The molecule has 0 bridgehead atoms. The van der Waals surface area contributed by atoms with Crippen molar-refractivity contribution in [2.75, 3.05) is 5.32 Å². The Kier molecular flexibility index (Phi) is 5.37. The number of hydrogen-bond acceptors (Lipinski definition) is 1. The van der Waals surface area contributed by atoms with Crippen molar-refractivity contribution < 1.29 is 4.79 Å². The lowest BCUT2D eigenvalue weighted by molar-refractivity contribution is -0.121. The average Bonchev–Trinajstić information content (AvgIpc) is 2.43. The highest BCUT2D eigenvalue weighted by molar-refractivity contribution is 9.10. The Morgan fingerprint density at radius 3 is 2.43 bits per heavy atom. The monoisotopic (exact) mass is 371 g/mol. The maximum absolute atomic E-state index is 12.4. The summed E-state index contributed by atoms with van der Waals surface area (Å²) in [6.07, 6.45) is 4.23. The van der Waals surface area contributed by atoms with E-state index in [9.17, 15) is 4.79 Å². The predicted molar refractivity (Wildman–Crippen MR) is 92.7 cm³/mol. The largest absolute Gasteiger partial charge is 0.325 e. The van der Waals surface area contributed by atoms with Gasteiger partial charge >= 0.3 is 0 Å². The second-order valence-corrected chi connectivity index (χ2v) is 8.21. The minimum Gasteiger partial charge on any atom is -0.325 e. The molecule has 0 unspecified atom stereocenters. The van der Waals surface area contributed by atoms with Crippen molar-refractivity contribution in [3.05, 3.63) is 27.7 Å². The molecule has 1 fully saturated rings. The third-order valence-corrected chi connectivity index (χ3v) is 5.93. The Morgan fingerprint density at radius 1 is 1.24 bits per heavy atom. The normalized spacial score (nSPS) is 22.9. The second kappa shape index (κ2) is 6.70. The third kappa shape index (κ3) is 4.23. The van der Waals surface area contributed by atoms with Crippen LogP contribution in [0.4, 0.5) is 5.69 Å². The number of carbonyl (C=O) groups is 1. The molecule has 0 heterocycles. The summed E-state index contributed by atoms with van der Waals surface area (Å²) in [6.45, 7) is 6.88.